The van der Waals surface area contributed by atoms with Gasteiger partial charge in [0.2, 0.25) is 0 Å². The number of amides is 4. The van der Waals surface area contributed by atoms with Crippen molar-refractivity contribution in [3.63, 3.8) is 0 Å². The number of nitrogens with one attached hydrogen (secondary N) is 3. The number of benzene rings is 3. The van der Waals surface area contributed by atoms with Crippen molar-refractivity contribution < 1.29 is 19.1 Å². The molecule has 0 unspecified atom stereocenters. The number of carbonyl (C=O) groups excluding carboxylic acids is 3. The van der Waals surface area contributed by atoms with Crippen molar-refractivity contribution in [3.05, 3.63) is 101 Å². The lowest BCUT2D eigenvalue weighted by Crippen LogP contribution is -2.48. The van der Waals surface area contributed by atoms with Gasteiger partial charge >= 0.3 is 18.0 Å². The Kier molecular flexibility index (Phi) is 9.22. The number of anilines is 2. The topological polar surface area (TPSA) is 99.8 Å². The van der Waals surface area contributed by atoms with E-state index in [4.69, 9.17) is 4.74 Å². The van der Waals surface area contributed by atoms with E-state index in [1.807, 2.05) is 67.6 Å². The molecule has 8 nitrogen and oxygen atoms in total. The molecular weight excluding hydrogens is 504 g/mol. The van der Waals surface area contributed by atoms with Crippen LogP contribution in [-0.4, -0.2) is 36.1 Å². The van der Waals surface area contributed by atoms with E-state index in [0.29, 0.717) is 47.1 Å². The van der Waals surface area contributed by atoms with Gasteiger partial charge in [-0.1, -0.05) is 75.4 Å². The molecule has 4 amide bonds. The average Bonchev–Trinajstić information content (AvgIpc) is 2.94. The third-order valence-corrected chi connectivity index (χ3v) is 6.63. The normalized spacial score (nSPS) is 15.1. The van der Waals surface area contributed by atoms with Crippen LogP contribution in [0, 0.1) is 0 Å². The van der Waals surface area contributed by atoms with Crippen LogP contribution in [0.4, 0.5) is 21.0 Å². The minimum absolute atomic E-state index is 0.193. The molecule has 0 radical (unpaired) electrons. The van der Waals surface area contributed by atoms with Crippen LogP contribution in [0.15, 0.2) is 84.4 Å². The first-order valence-corrected chi connectivity index (χ1v) is 13.6. The van der Waals surface area contributed by atoms with Crippen LogP contribution in [0.25, 0.3) is 5.70 Å². The van der Waals surface area contributed by atoms with E-state index in [2.05, 4.69) is 29.8 Å². The Morgan fingerprint density at radius 2 is 1.62 bits per heavy atom. The maximum atomic E-state index is 13.4. The number of hydrogen-bond acceptors (Lipinski definition) is 4. The Bertz CT molecular complexity index is 1380. The maximum absolute atomic E-state index is 13.4. The van der Waals surface area contributed by atoms with E-state index in [-0.39, 0.29) is 12.6 Å². The lowest BCUT2D eigenvalue weighted by atomic mass is 9.91. The predicted octanol–water partition coefficient (Wildman–Crippen LogP) is 6.90. The number of urea groups is 2. The quantitative estimate of drug-likeness (QED) is 0.257. The van der Waals surface area contributed by atoms with Gasteiger partial charge in [-0.2, -0.15) is 0 Å². The Morgan fingerprint density at radius 3 is 2.27 bits per heavy atom. The van der Waals surface area contributed by atoms with Gasteiger partial charge in [-0.25, -0.2) is 14.4 Å². The minimum atomic E-state index is -0.775. The van der Waals surface area contributed by atoms with Crippen LogP contribution in [0.5, 0.6) is 0 Å². The standard InChI is InChI=1S/C32H36N4O4/c1-5-19-36-29(23-11-8-7-9-12-23)27(30(37)40-6-2)28(35-32(36)39)24-13-10-14-26(20-24)34-31(38)33-25-17-15-22(16-18-25)21(3)4/h7-18,20-21,28H,5-6,19H2,1-4H3,(H,35,39)(H2,33,34,38)/t28-/m0/s1. The molecule has 0 saturated heterocycles. The van der Waals surface area contributed by atoms with Gasteiger partial charge in [0.25, 0.3) is 0 Å². The van der Waals surface area contributed by atoms with Crippen molar-refractivity contribution in [2.24, 2.45) is 0 Å². The van der Waals surface area contributed by atoms with Crippen LogP contribution < -0.4 is 16.0 Å². The molecular formula is C32H36N4O4. The Balaban J connectivity index is 1.67. The molecule has 3 aromatic rings. The highest BCUT2D eigenvalue weighted by Crippen LogP contribution is 2.37. The van der Waals surface area contributed by atoms with E-state index in [0.717, 1.165) is 5.56 Å². The first-order valence-electron chi connectivity index (χ1n) is 13.6. The van der Waals surface area contributed by atoms with Gasteiger partial charge in [-0.3, -0.25) is 4.90 Å². The molecule has 40 heavy (non-hydrogen) atoms. The van der Waals surface area contributed by atoms with E-state index in [1.165, 1.54) is 5.56 Å². The molecule has 0 saturated carbocycles. The molecule has 1 aliphatic rings. The van der Waals surface area contributed by atoms with Crippen molar-refractivity contribution >= 4 is 35.1 Å². The van der Waals surface area contributed by atoms with Crippen LogP contribution in [0.2, 0.25) is 0 Å². The maximum Gasteiger partial charge on any atom is 0.338 e. The summed E-state index contributed by atoms with van der Waals surface area (Å²) in [7, 11) is 0. The monoisotopic (exact) mass is 540 g/mol. The summed E-state index contributed by atoms with van der Waals surface area (Å²) < 4.78 is 5.48. The van der Waals surface area contributed by atoms with Gasteiger partial charge in [0.1, 0.15) is 0 Å². The van der Waals surface area contributed by atoms with E-state index >= 15 is 0 Å². The summed E-state index contributed by atoms with van der Waals surface area (Å²) in [5, 5.41) is 8.69. The molecule has 1 heterocycles. The van der Waals surface area contributed by atoms with Crippen molar-refractivity contribution in [2.75, 3.05) is 23.8 Å². The molecule has 0 bridgehead atoms. The second kappa shape index (κ2) is 13.0. The molecule has 0 spiro atoms. The number of rotatable bonds is 9. The zero-order chi connectivity index (χ0) is 28.6. The summed E-state index contributed by atoms with van der Waals surface area (Å²) in [5.41, 5.74) is 4.63. The molecule has 4 rings (SSSR count). The van der Waals surface area contributed by atoms with Gasteiger partial charge in [0, 0.05) is 17.9 Å². The van der Waals surface area contributed by atoms with Gasteiger partial charge in [-0.15, -0.1) is 0 Å². The lowest BCUT2D eigenvalue weighted by molar-refractivity contribution is -0.138. The molecule has 1 atom stereocenters. The van der Waals surface area contributed by atoms with Crippen molar-refractivity contribution in [3.8, 4) is 0 Å². The van der Waals surface area contributed by atoms with Gasteiger partial charge in [-0.05, 0) is 60.2 Å². The first kappa shape index (κ1) is 28.4. The minimum Gasteiger partial charge on any atom is -0.463 e. The van der Waals surface area contributed by atoms with Crippen molar-refractivity contribution in [2.45, 2.75) is 46.1 Å². The first-order chi connectivity index (χ1) is 19.3. The molecule has 3 N–H and O–H groups in total. The Morgan fingerprint density at radius 1 is 0.925 bits per heavy atom. The van der Waals surface area contributed by atoms with E-state index in [9.17, 15) is 14.4 Å². The summed E-state index contributed by atoms with van der Waals surface area (Å²) >= 11 is 0. The fraction of sp³-hybridized carbons (Fsp3) is 0.281. The van der Waals surface area contributed by atoms with Crippen molar-refractivity contribution in [1.82, 2.24) is 10.2 Å². The highest BCUT2D eigenvalue weighted by molar-refractivity contribution is 6.05. The summed E-state index contributed by atoms with van der Waals surface area (Å²) in [6.45, 7) is 8.59. The van der Waals surface area contributed by atoms with Crippen LogP contribution in [-0.2, 0) is 9.53 Å². The zero-order valence-electron chi connectivity index (χ0n) is 23.4. The van der Waals surface area contributed by atoms with E-state index < -0.39 is 18.0 Å². The number of carbonyl (C=O) groups is 3. The second-order valence-corrected chi connectivity index (χ2v) is 9.86. The fourth-order valence-electron chi connectivity index (χ4n) is 4.72. The van der Waals surface area contributed by atoms with Crippen LogP contribution in [0.1, 0.15) is 62.8 Å². The average molecular weight is 541 g/mol. The summed E-state index contributed by atoms with van der Waals surface area (Å²) in [6.07, 6.45) is 0.708. The highest BCUT2D eigenvalue weighted by Gasteiger charge is 2.38. The van der Waals surface area contributed by atoms with Gasteiger partial charge < -0.3 is 20.7 Å². The third kappa shape index (κ3) is 6.51. The zero-order valence-corrected chi connectivity index (χ0v) is 23.4. The SMILES string of the molecule is CCCN1C(=O)N[C@@H](c2cccc(NC(=O)Nc3ccc(C(C)C)cc3)c2)C(C(=O)OCC)=C1c1ccccc1. The fourth-order valence-corrected chi connectivity index (χ4v) is 4.72. The molecule has 208 valence electrons. The molecule has 8 heteroatoms. The second-order valence-electron chi connectivity index (χ2n) is 9.86. The molecule has 3 aromatic carbocycles. The summed E-state index contributed by atoms with van der Waals surface area (Å²) in [5.74, 6) is -0.107. The summed E-state index contributed by atoms with van der Waals surface area (Å²) in [4.78, 5) is 41.1. The molecule has 0 fully saturated rings. The lowest BCUT2D eigenvalue weighted by Gasteiger charge is -2.37. The van der Waals surface area contributed by atoms with Crippen molar-refractivity contribution in [1.29, 1.82) is 0 Å². The van der Waals surface area contributed by atoms with E-state index in [1.54, 1.807) is 30.0 Å². The number of nitrogens with zero attached hydrogens (tertiary/aromatic N) is 1. The Hall–Kier alpha value is -4.59. The number of ether oxygens (including phenoxy) is 1. The Labute approximate surface area is 235 Å². The molecule has 0 aromatic heterocycles. The third-order valence-electron chi connectivity index (χ3n) is 6.63. The van der Waals surface area contributed by atoms with Crippen LogP contribution >= 0.6 is 0 Å². The molecule has 0 aliphatic carbocycles. The smallest absolute Gasteiger partial charge is 0.338 e. The van der Waals surface area contributed by atoms with Crippen LogP contribution in [0.3, 0.4) is 0 Å². The highest BCUT2D eigenvalue weighted by atomic mass is 16.5. The molecule has 1 aliphatic heterocycles. The largest absolute Gasteiger partial charge is 0.463 e. The predicted molar refractivity (Wildman–Crippen MR) is 158 cm³/mol. The van der Waals surface area contributed by atoms with Gasteiger partial charge in [0.15, 0.2) is 0 Å². The summed E-state index contributed by atoms with van der Waals surface area (Å²) in [6, 6.07) is 22.7. The number of esters is 1. The number of hydrogen-bond donors (Lipinski definition) is 3. The van der Waals surface area contributed by atoms with Gasteiger partial charge in [0.05, 0.1) is 23.9 Å².